The third-order valence-electron chi connectivity index (χ3n) is 4.60. The van der Waals surface area contributed by atoms with Crippen LogP contribution in [-0.2, 0) is 21.0 Å². The summed E-state index contributed by atoms with van der Waals surface area (Å²) >= 11 is 3.34. The molecule has 0 saturated carbocycles. The molecule has 30 heavy (non-hydrogen) atoms. The SMILES string of the molecule is CCCCC(OC(=O)OC(CCCC)SCc1ccccc1)SCc1ccccc1. The van der Waals surface area contributed by atoms with E-state index in [1.165, 1.54) is 11.1 Å². The minimum absolute atomic E-state index is 0.177. The third-order valence-corrected chi connectivity index (χ3v) is 7.01. The van der Waals surface area contributed by atoms with Crippen LogP contribution in [0.25, 0.3) is 0 Å². The van der Waals surface area contributed by atoms with Gasteiger partial charge in [0, 0.05) is 11.5 Å². The summed E-state index contributed by atoms with van der Waals surface area (Å²) in [4.78, 5) is 12.5. The van der Waals surface area contributed by atoms with Crippen molar-refractivity contribution in [2.24, 2.45) is 0 Å². The van der Waals surface area contributed by atoms with Crippen LogP contribution in [0.2, 0.25) is 0 Å². The molecule has 3 nitrogen and oxygen atoms in total. The van der Waals surface area contributed by atoms with E-state index >= 15 is 0 Å². The summed E-state index contributed by atoms with van der Waals surface area (Å²) in [6, 6.07) is 20.6. The van der Waals surface area contributed by atoms with E-state index in [1.807, 2.05) is 36.4 Å². The maximum Gasteiger partial charge on any atom is 0.510 e. The zero-order valence-electron chi connectivity index (χ0n) is 18.1. The Morgan fingerprint density at radius 2 is 1.13 bits per heavy atom. The van der Waals surface area contributed by atoms with Gasteiger partial charge in [-0.15, -0.1) is 23.5 Å². The predicted octanol–water partition coefficient (Wildman–Crippen LogP) is 8.04. The maximum atomic E-state index is 12.5. The Balaban J connectivity index is 1.86. The first-order valence-corrected chi connectivity index (χ1v) is 13.0. The zero-order chi connectivity index (χ0) is 21.4. The van der Waals surface area contributed by atoms with Crippen LogP contribution in [0.4, 0.5) is 4.79 Å². The normalized spacial score (nSPS) is 12.9. The van der Waals surface area contributed by atoms with E-state index in [2.05, 4.69) is 38.1 Å². The first kappa shape index (κ1) is 24.7. The molecule has 0 amide bonds. The van der Waals surface area contributed by atoms with Gasteiger partial charge in [-0.05, 0) is 36.8 Å². The van der Waals surface area contributed by atoms with Crippen molar-refractivity contribution in [1.29, 1.82) is 0 Å². The average molecular weight is 447 g/mol. The van der Waals surface area contributed by atoms with Gasteiger partial charge in [-0.3, -0.25) is 0 Å². The van der Waals surface area contributed by atoms with Crippen LogP contribution in [0.5, 0.6) is 0 Å². The second-order valence-electron chi connectivity index (χ2n) is 7.22. The molecule has 0 aliphatic heterocycles. The molecule has 0 spiro atoms. The highest BCUT2D eigenvalue weighted by Crippen LogP contribution is 2.27. The van der Waals surface area contributed by atoms with Crippen LogP contribution in [0.3, 0.4) is 0 Å². The highest BCUT2D eigenvalue weighted by Gasteiger charge is 2.20. The largest absolute Gasteiger partial charge is 0.510 e. The van der Waals surface area contributed by atoms with Gasteiger partial charge in [0.05, 0.1) is 0 Å². The number of rotatable bonds is 14. The Morgan fingerprint density at radius 1 is 0.733 bits per heavy atom. The van der Waals surface area contributed by atoms with Gasteiger partial charge in [0.25, 0.3) is 0 Å². The number of benzene rings is 2. The van der Waals surface area contributed by atoms with Gasteiger partial charge < -0.3 is 9.47 Å². The highest BCUT2D eigenvalue weighted by atomic mass is 32.2. The molecule has 5 heteroatoms. The Kier molecular flexibility index (Phi) is 12.5. The number of carbonyl (C=O) groups excluding carboxylic acids is 1. The fraction of sp³-hybridized carbons (Fsp3) is 0.480. The summed E-state index contributed by atoms with van der Waals surface area (Å²) in [6.45, 7) is 4.30. The molecule has 164 valence electrons. The molecule has 0 aliphatic carbocycles. The summed E-state index contributed by atoms with van der Waals surface area (Å²) in [7, 11) is 0. The second kappa shape index (κ2) is 15.2. The summed E-state index contributed by atoms with van der Waals surface area (Å²) in [5.41, 5.74) is 2.12. The van der Waals surface area contributed by atoms with Crippen molar-refractivity contribution in [3.8, 4) is 0 Å². The van der Waals surface area contributed by atoms with E-state index in [4.69, 9.17) is 9.47 Å². The summed E-state index contributed by atoms with van der Waals surface area (Å²) in [6.07, 6.45) is 5.36. The molecule has 0 radical (unpaired) electrons. The molecule has 0 aliphatic rings. The van der Waals surface area contributed by atoms with Gasteiger partial charge in [0.15, 0.2) is 10.9 Å². The van der Waals surface area contributed by atoms with Crippen LogP contribution in [0.1, 0.15) is 63.5 Å². The van der Waals surface area contributed by atoms with E-state index in [1.54, 1.807) is 23.5 Å². The number of hydrogen-bond donors (Lipinski definition) is 0. The topological polar surface area (TPSA) is 35.5 Å². The Bertz CT molecular complexity index is 635. The minimum atomic E-state index is -0.543. The Hall–Kier alpha value is -1.59. The summed E-state index contributed by atoms with van der Waals surface area (Å²) in [5, 5.41) is 0. The summed E-state index contributed by atoms with van der Waals surface area (Å²) in [5.74, 6) is 1.65. The molecule has 0 bridgehead atoms. The molecule has 0 saturated heterocycles. The summed E-state index contributed by atoms with van der Waals surface area (Å²) < 4.78 is 11.5. The van der Waals surface area contributed by atoms with Crippen molar-refractivity contribution in [2.45, 2.75) is 74.8 Å². The fourth-order valence-corrected chi connectivity index (χ4v) is 4.96. The zero-order valence-corrected chi connectivity index (χ0v) is 19.8. The van der Waals surface area contributed by atoms with E-state index in [9.17, 15) is 4.79 Å². The lowest BCUT2D eigenvalue weighted by molar-refractivity contribution is 0.0361. The minimum Gasteiger partial charge on any atom is -0.420 e. The Morgan fingerprint density at radius 3 is 1.50 bits per heavy atom. The lowest BCUT2D eigenvalue weighted by Crippen LogP contribution is -2.21. The third kappa shape index (κ3) is 10.4. The first-order chi connectivity index (χ1) is 14.7. The number of hydrogen-bond acceptors (Lipinski definition) is 5. The number of carbonyl (C=O) groups is 1. The van der Waals surface area contributed by atoms with Gasteiger partial charge in [-0.2, -0.15) is 0 Å². The lowest BCUT2D eigenvalue weighted by atomic mass is 10.2. The number of unbranched alkanes of at least 4 members (excludes halogenated alkanes) is 2. The van der Waals surface area contributed by atoms with Crippen molar-refractivity contribution >= 4 is 29.7 Å². The fourth-order valence-electron chi connectivity index (χ4n) is 2.86. The molecule has 2 unspecified atom stereocenters. The molecule has 2 rings (SSSR count). The van der Waals surface area contributed by atoms with Gasteiger partial charge >= 0.3 is 6.16 Å². The monoisotopic (exact) mass is 446 g/mol. The van der Waals surface area contributed by atoms with Gasteiger partial charge in [0.2, 0.25) is 0 Å². The molecule has 0 fully saturated rings. The van der Waals surface area contributed by atoms with E-state index in [0.29, 0.717) is 0 Å². The van der Waals surface area contributed by atoms with Crippen LogP contribution in [0, 0.1) is 0 Å². The molecular weight excluding hydrogens is 412 g/mol. The van der Waals surface area contributed by atoms with Gasteiger partial charge in [-0.25, -0.2) is 4.79 Å². The predicted molar refractivity (Wildman–Crippen MR) is 130 cm³/mol. The molecule has 0 N–H and O–H groups in total. The maximum absolute atomic E-state index is 12.5. The molecular formula is C25H34O3S2. The van der Waals surface area contributed by atoms with Crippen LogP contribution >= 0.6 is 23.5 Å². The molecule has 0 aromatic heterocycles. The standard InChI is InChI=1S/C25H34O3S2/c1-3-5-17-23(29-19-21-13-9-7-10-14-21)27-25(26)28-24(18-6-4-2)30-20-22-15-11-8-12-16-22/h7-16,23-24H,3-6,17-20H2,1-2H3. The molecule has 0 heterocycles. The number of thioether (sulfide) groups is 2. The highest BCUT2D eigenvalue weighted by molar-refractivity contribution is 7.99. The van der Waals surface area contributed by atoms with Crippen molar-refractivity contribution in [2.75, 3.05) is 0 Å². The second-order valence-corrected chi connectivity index (χ2v) is 9.52. The van der Waals surface area contributed by atoms with Crippen molar-refractivity contribution < 1.29 is 14.3 Å². The van der Waals surface area contributed by atoms with Gasteiger partial charge in [-0.1, -0.05) is 87.4 Å². The molecule has 2 aromatic rings. The van der Waals surface area contributed by atoms with E-state index < -0.39 is 6.16 Å². The lowest BCUT2D eigenvalue weighted by Gasteiger charge is -2.21. The molecule has 2 aromatic carbocycles. The quantitative estimate of drug-likeness (QED) is 0.217. The van der Waals surface area contributed by atoms with Crippen molar-refractivity contribution in [1.82, 2.24) is 0 Å². The van der Waals surface area contributed by atoms with Crippen molar-refractivity contribution in [3.63, 3.8) is 0 Å². The van der Waals surface area contributed by atoms with Gasteiger partial charge in [0.1, 0.15) is 0 Å². The van der Waals surface area contributed by atoms with Crippen LogP contribution < -0.4 is 0 Å². The van der Waals surface area contributed by atoms with Crippen molar-refractivity contribution in [3.05, 3.63) is 71.8 Å². The van der Waals surface area contributed by atoms with Crippen LogP contribution in [0.15, 0.2) is 60.7 Å². The first-order valence-electron chi connectivity index (χ1n) is 10.9. The molecule has 2 atom stereocenters. The van der Waals surface area contributed by atoms with E-state index in [0.717, 1.165) is 50.0 Å². The Labute approximate surface area is 190 Å². The van der Waals surface area contributed by atoms with E-state index in [-0.39, 0.29) is 10.9 Å². The smallest absolute Gasteiger partial charge is 0.420 e. The van der Waals surface area contributed by atoms with Crippen LogP contribution in [-0.4, -0.2) is 17.0 Å². The number of ether oxygens (including phenoxy) is 2. The average Bonchev–Trinajstić information content (AvgIpc) is 2.78.